The van der Waals surface area contributed by atoms with Crippen LogP contribution in [0.15, 0.2) is 35.2 Å². The summed E-state index contributed by atoms with van der Waals surface area (Å²) in [7, 11) is 1.79. The Bertz CT molecular complexity index is 783. The minimum absolute atomic E-state index is 0.411. The number of benzene rings is 1. The number of hydrogen-bond donors (Lipinski definition) is 0. The summed E-state index contributed by atoms with van der Waals surface area (Å²) in [5.74, 6) is 1.00. The predicted octanol–water partition coefficient (Wildman–Crippen LogP) is 2.73. The smallest absolute Gasteiger partial charge is 0.234 e. The number of rotatable bonds is 3. The van der Waals surface area contributed by atoms with E-state index in [1.54, 1.807) is 36.0 Å². The van der Waals surface area contributed by atoms with E-state index in [1.165, 1.54) is 6.33 Å². The Morgan fingerprint density at radius 3 is 2.70 bits per heavy atom. The molecule has 0 aliphatic rings. The van der Waals surface area contributed by atoms with Crippen LogP contribution in [0.3, 0.4) is 0 Å². The molecule has 6 nitrogen and oxygen atoms in total. The van der Waals surface area contributed by atoms with Crippen LogP contribution in [0.4, 0.5) is 0 Å². The molecule has 20 heavy (non-hydrogen) atoms. The molecule has 0 fully saturated rings. The summed E-state index contributed by atoms with van der Waals surface area (Å²) in [5.41, 5.74) is 1.26. The van der Waals surface area contributed by atoms with Crippen LogP contribution < -0.4 is 4.74 Å². The molecule has 0 saturated heterocycles. The van der Waals surface area contributed by atoms with E-state index in [1.807, 2.05) is 0 Å². The molecule has 0 amide bonds. The average molecular weight is 333 g/mol. The van der Waals surface area contributed by atoms with Crippen LogP contribution in [0, 0.1) is 0 Å². The van der Waals surface area contributed by atoms with Crippen molar-refractivity contribution in [3.8, 4) is 11.6 Å². The first kappa shape index (κ1) is 12.7. The number of ether oxygens (including phenoxy) is 1. The number of aromatic nitrogens is 4. The summed E-state index contributed by atoms with van der Waals surface area (Å²) in [5, 5.41) is 4.93. The summed E-state index contributed by atoms with van der Waals surface area (Å²) < 4.78 is 8.00. The summed E-state index contributed by atoms with van der Waals surface area (Å²) in [6, 6.07) is 6.78. The van der Waals surface area contributed by atoms with Crippen molar-refractivity contribution in [1.29, 1.82) is 0 Å². The number of nitrogens with zero attached hydrogens (tertiary/aromatic N) is 4. The molecule has 2 aromatic heterocycles. The fraction of sp³-hybridized carbons (Fsp3) is 0.0769. The van der Waals surface area contributed by atoms with E-state index in [0.29, 0.717) is 32.8 Å². The minimum atomic E-state index is 0.411. The molecule has 2 heterocycles. The van der Waals surface area contributed by atoms with E-state index >= 15 is 0 Å². The van der Waals surface area contributed by atoms with E-state index in [2.05, 4.69) is 31.0 Å². The highest BCUT2D eigenvalue weighted by Crippen LogP contribution is 2.31. The van der Waals surface area contributed by atoms with Crippen molar-refractivity contribution in [1.82, 2.24) is 19.7 Å². The molecular formula is C13H9BrN4O2. The highest BCUT2D eigenvalue weighted by Gasteiger charge is 2.14. The van der Waals surface area contributed by atoms with Crippen molar-refractivity contribution >= 4 is 33.2 Å². The predicted molar refractivity (Wildman–Crippen MR) is 75.9 cm³/mol. The van der Waals surface area contributed by atoms with Crippen molar-refractivity contribution in [2.45, 2.75) is 0 Å². The molecule has 3 aromatic rings. The number of fused-ring (bicyclic) bond motifs is 1. The van der Waals surface area contributed by atoms with Gasteiger partial charge in [0.05, 0.1) is 0 Å². The fourth-order valence-electron chi connectivity index (χ4n) is 1.82. The lowest BCUT2D eigenvalue weighted by molar-refractivity contribution is 0.112. The molecule has 0 aliphatic carbocycles. The SMILES string of the molecule is Cn1nc(Br)c2c(Oc3ccc(C=O)cc3)ncnc21. The van der Waals surface area contributed by atoms with Crippen LogP contribution in [0.5, 0.6) is 11.6 Å². The van der Waals surface area contributed by atoms with E-state index in [9.17, 15) is 4.79 Å². The fourth-order valence-corrected chi connectivity index (χ4v) is 2.40. The molecule has 0 N–H and O–H groups in total. The van der Waals surface area contributed by atoms with Gasteiger partial charge in [-0.15, -0.1) is 0 Å². The van der Waals surface area contributed by atoms with E-state index < -0.39 is 0 Å². The Hall–Kier alpha value is -2.28. The third-order valence-corrected chi connectivity index (χ3v) is 3.33. The summed E-state index contributed by atoms with van der Waals surface area (Å²) in [6.45, 7) is 0. The average Bonchev–Trinajstić information content (AvgIpc) is 2.76. The lowest BCUT2D eigenvalue weighted by Crippen LogP contribution is -1.94. The van der Waals surface area contributed by atoms with Gasteiger partial charge in [-0.3, -0.25) is 4.79 Å². The molecule has 0 bridgehead atoms. The van der Waals surface area contributed by atoms with Crippen molar-refractivity contribution in [3.63, 3.8) is 0 Å². The zero-order valence-corrected chi connectivity index (χ0v) is 12.0. The number of aldehydes is 1. The van der Waals surface area contributed by atoms with E-state index in [0.717, 1.165) is 6.29 Å². The van der Waals surface area contributed by atoms with Crippen LogP contribution in [0.2, 0.25) is 0 Å². The summed E-state index contributed by atoms with van der Waals surface area (Å²) in [6.07, 6.45) is 2.20. The van der Waals surface area contributed by atoms with Crippen LogP contribution in [0.1, 0.15) is 10.4 Å². The molecule has 3 rings (SSSR count). The van der Waals surface area contributed by atoms with E-state index in [4.69, 9.17) is 4.74 Å². The molecule has 0 radical (unpaired) electrons. The Morgan fingerprint density at radius 1 is 1.25 bits per heavy atom. The molecule has 0 saturated carbocycles. The first-order chi connectivity index (χ1) is 9.69. The van der Waals surface area contributed by atoms with Crippen molar-refractivity contribution in [3.05, 3.63) is 40.8 Å². The molecule has 0 atom stereocenters. The van der Waals surface area contributed by atoms with Crippen LogP contribution in [-0.4, -0.2) is 26.0 Å². The number of carbonyl (C=O) groups excluding carboxylic acids is 1. The van der Waals surface area contributed by atoms with E-state index in [-0.39, 0.29) is 0 Å². The lowest BCUT2D eigenvalue weighted by atomic mass is 10.2. The summed E-state index contributed by atoms with van der Waals surface area (Å²) >= 11 is 3.37. The molecule has 0 unspecified atom stereocenters. The number of carbonyl (C=O) groups is 1. The largest absolute Gasteiger partial charge is 0.438 e. The number of aryl methyl sites for hydroxylation is 1. The quantitative estimate of drug-likeness (QED) is 0.689. The zero-order chi connectivity index (χ0) is 14.1. The maximum absolute atomic E-state index is 10.6. The van der Waals surface area contributed by atoms with Gasteiger partial charge in [-0.05, 0) is 40.2 Å². The van der Waals surface area contributed by atoms with Crippen LogP contribution in [0.25, 0.3) is 11.0 Å². The van der Waals surface area contributed by atoms with Crippen LogP contribution in [-0.2, 0) is 7.05 Å². The lowest BCUT2D eigenvalue weighted by Gasteiger charge is -2.05. The Morgan fingerprint density at radius 2 is 2.00 bits per heavy atom. The molecule has 0 aliphatic heterocycles. The maximum Gasteiger partial charge on any atom is 0.234 e. The van der Waals surface area contributed by atoms with Gasteiger partial charge in [0.1, 0.15) is 28.4 Å². The third kappa shape index (κ3) is 2.16. The van der Waals surface area contributed by atoms with Gasteiger partial charge in [0.15, 0.2) is 5.65 Å². The summed E-state index contributed by atoms with van der Waals surface area (Å²) in [4.78, 5) is 18.9. The van der Waals surface area contributed by atoms with Gasteiger partial charge >= 0.3 is 0 Å². The molecule has 7 heteroatoms. The van der Waals surface area contributed by atoms with Crippen molar-refractivity contribution in [2.75, 3.05) is 0 Å². The Labute approximate surface area is 122 Å². The second-order valence-corrected chi connectivity index (χ2v) is 4.83. The molecule has 0 spiro atoms. The van der Waals surface area contributed by atoms with Gasteiger partial charge in [-0.2, -0.15) is 5.10 Å². The van der Waals surface area contributed by atoms with Gasteiger partial charge in [0.2, 0.25) is 5.88 Å². The number of hydrogen-bond acceptors (Lipinski definition) is 5. The minimum Gasteiger partial charge on any atom is -0.438 e. The third-order valence-electron chi connectivity index (χ3n) is 2.77. The van der Waals surface area contributed by atoms with Crippen molar-refractivity contribution in [2.24, 2.45) is 7.05 Å². The standard InChI is InChI=1S/C13H9BrN4O2/c1-18-12-10(11(14)17-18)13(16-7-15-12)20-9-4-2-8(6-19)3-5-9/h2-7H,1H3. The first-order valence-electron chi connectivity index (χ1n) is 5.75. The van der Waals surface area contributed by atoms with Crippen molar-refractivity contribution < 1.29 is 9.53 Å². The molecule has 100 valence electrons. The van der Waals surface area contributed by atoms with Gasteiger partial charge in [0.25, 0.3) is 0 Å². The van der Waals surface area contributed by atoms with Gasteiger partial charge in [0, 0.05) is 12.6 Å². The highest BCUT2D eigenvalue weighted by molar-refractivity contribution is 9.10. The maximum atomic E-state index is 10.6. The normalized spacial score (nSPS) is 10.7. The van der Waals surface area contributed by atoms with Gasteiger partial charge in [-0.1, -0.05) is 0 Å². The Kier molecular flexibility index (Phi) is 3.19. The second-order valence-electron chi connectivity index (χ2n) is 4.08. The van der Waals surface area contributed by atoms with Gasteiger partial charge < -0.3 is 4.74 Å². The van der Waals surface area contributed by atoms with Gasteiger partial charge in [-0.25, -0.2) is 14.6 Å². The number of halogens is 1. The highest BCUT2D eigenvalue weighted by atomic mass is 79.9. The molecule has 1 aromatic carbocycles. The topological polar surface area (TPSA) is 69.9 Å². The monoisotopic (exact) mass is 332 g/mol. The van der Waals surface area contributed by atoms with Crippen LogP contribution >= 0.6 is 15.9 Å². The molecular weight excluding hydrogens is 324 g/mol. The first-order valence-corrected chi connectivity index (χ1v) is 6.54. The zero-order valence-electron chi connectivity index (χ0n) is 10.4. The Balaban J connectivity index is 2.03. The second kappa shape index (κ2) is 5.01.